The van der Waals surface area contributed by atoms with E-state index in [2.05, 4.69) is 9.80 Å². The van der Waals surface area contributed by atoms with Crippen molar-refractivity contribution in [3.63, 3.8) is 0 Å². The van der Waals surface area contributed by atoms with E-state index < -0.39 is 11.8 Å². The Morgan fingerprint density at radius 2 is 1.68 bits per heavy atom. The molecule has 3 aromatic carbocycles. The average Bonchev–Trinajstić information content (AvgIpc) is 3.75. The number of carboxylic acids is 1. The van der Waals surface area contributed by atoms with Gasteiger partial charge in [0, 0.05) is 40.9 Å². The lowest BCUT2D eigenvalue weighted by molar-refractivity contribution is 0.0516. The molecule has 44 heavy (non-hydrogen) atoms. The van der Waals surface area contributed by atoms with Crippen molar-refractivity contribution >= 4 is 46.5 Å². The van der Waals surface area contributed by atoms with Crippen molar-refractivity contribution in [2.45, 2.75) is 44.3 Å². The van der Waals surface area contributed by atoms with Crippen molar-refractivity contribution in [3.8, 4) is 16.9 Å². The topological polar surface area (TPSA) is 82.5 Å². The van der Waals surface area contributed by atoms with E-state index in [4.69, 9.17) is 32.7 Å². The van der Waals surface area contributed by atoms with Gasteiger partial charge in [-0.1, -0.05) is 41.4 Å². The number of rotatable bonds is 5. The fraction of sp³-hybridized carbons (Fsp3) is 0.394. The Labute approximate surface area is 263 Å². The summed E-state index contributed by atoms with van der Waals surface area (Å²) in [7, 11) is 0. The predicted molar refractivity (Wildman–Crippen MR) is 165 cm³/mol. The van der Waals surface area contributed by atoms with Crippen LogP contribution in [-0.4, -0.2) is 67.0 Å². The summed E-state index contributed by atoms with van der Waals surface area (Å²) in [5.41, 5.74) is 3.44. The number of carboxylic acid groups (broad SMARTS) is 1. The minimum Gasteiger partial charge on any atom is -0.478 e. The standard InChI is InChI=1S/C33H30Cl2FN3O5/c34-25-8-21(38-15-33(16-38)6-7-33)9-26(35)29(25)31(40)37-12-18-2-1-3-22(30(18)44-17-37)23-11-28(24(32(41)42)10-27(23)36)39-19-4-5-20(39)14-43-13-19/h1-3,8-11,19-20H,4-7,12-17H2,(H,41,42). The highest BCUT2D eigenvalue weighted by molar-refractivity contribution is 6.40. The number of carbonyl (C=O) groups excluding carboxylic acids is 1. The number of fused-ring (bicyclic) bond motifs is 3. The second-order valence-electron chi connectivity index (χ2n) is 12.7. The van der Waals surface area contributed by atoms with Crippen LogP contribution < -0.4 is 14.5 Å². The third-order valence-corrected chi connectivity index (χ3v) is 10.4. The maximum Gasteiger partial charge on any atom is 0.337 e. The summed E-state index contributed by atoms with van der Waals surface area (Å²) in [5, 5.41) is 10.5. The number of hydrogen-bond acceptors (Lipinski definition) is 6. The fourth-order valence-electron chi connectivity index (χ4n) is 7.33. The number of morpholine rings is 1. The van der Waals surface area contributed by atoms with Crippen LogP contribution in [0.1, 0.15) is 52.0 Å². The second kappa shape index (κ2) is 10.3. The Kier molecular flexibility index (Phi) is 6.52. The van der Waals surface area contributed by atoms with Crippen LogP contribution in [0.5, 0.6) is 5.75 Å². The summed E-state index contributed by atoms with van der Waals surface area (Å²) in [6.07, 6.45) is 4.30. The molecular formula is C33H30Cl2FN3O5. The van der Waals surface area contributed by atoms with Gasteiger partial charge in [0.05, 0.1) is 58.7 Å². The van der Waals surface area contributed by atoms with Gasteiger partial charge >= 0.3 is 5.97 Å². The highest BCUT2D eigenvalue weighted by atomic mass is 35.5. The van der Waals surface area contributed by atoms with Gasteiger partial charge in [-0.25, -0.2) is 9.18 Å². The van der Waals surface area contributed by atoms with Crippen molar-refractivity contribution in [3.05, 3.63) is 75.0 Å². The SMILES string of the molecule is O=C(O)c1cc(F)c(-c2cccc3c2OCN(C(=O)c2c(Cl)cc(N4CC5(CC5)C4)cc2Cl)C3)cc1N1C2CCC1COC2. The van der Waals surface area contributed by atoms with Crippen molar-refractivity contribution in [2.24, 2.45) is 5.41 Å². The van der Waals surface area contributed by atoms with E-state index >= 15 is 4.39 Å². The van der Waals surface area contributed by atoms with Gasteiger partial charge in [-0.3, -0.25) is 4.79 Å². The van der Waals surface area contributed by atoms with Crippen molar-refractivity contribution in [1.82, 2.24) is 4.90 Å². The van der Waals surface area contributed by atoms with Gasteiger partial charge < -0.3 is 29.3 Å². The monoisotopic (exact) mass is 637 g/mol. The zero-order valence-corrected chi connectivity index (χ0v) is 25.3. The number of aromatic carboxylic acids is 1. The highest BCUT2D eigenvalue weighted by Gasteiger charge is 2.52. The maximum atomic E-state index is 15.6. The molecule has 2 unspecified atom stereocenters. The van der Waals surface area contributed by atoms with E-state index in [0.29, 0.717) is 51.2 Å². The molecule has 4 fully saturated rings. The minimum atomic E-state index is -1.18. The third kappa shape index (κ3) is 4.51. The third-order valence-electron chi connectivity index (χ3n) is 9.85. The Bertz CT molecular complexity index is 1680. The molecule has 1 amide bonds. The van der Waals surface area contributed by atoms with Crippen LogP contribution in [0.25, 0.3) is 11.1 Å². The molecule has 2 atom stereocenters. The largest absolute Gasteiger partial charge is 0.478 e. The summed E-state index contributed by atoms with van der Waals surface area (Å²) in [6, 6.07) is 11.8. The highest BCUT2D eigenvalue weighted by Crippen LogP contribution is 2.54. The van der Waals surface area contributed by atoms with E-state index in [-0.39, 0.29) is 48.0 Å². The molecule has 4 heterocycles. The van der Waals surface area contributed by atoms with Gasteiger partial charge in [-0.2, -0.15) is 0 Å². The van der Waals surface area contributed by atoms with Gasteiger partial charge in [0.1, 0.15) is 11.6 Å². The maximum absolute atomic E-state index is 15.6. The van der Waals surface area contributed by atoms with Crippen LogP contribution in [0.15, 0.2) is 42.5 Å². The number of nitrogens with zero attached hydrogens (tertiary/aromatic N) is 3. The Morgan fingerprint density at radius 3 is 2.34 bits per heavy atom. The lowest BCUT2D eigenvalue weighted by Gasteiger charge is -2.42. The molecule has 1 spiro atoms. The van der Waals surface area contributed by atoms with E-state index in [9.17, 15) is 14.7 Å². The quantitative estimate of drug-likeness (QED) is 0.344. The van der Waals surface area contributed by atoms with E-state index in [0.717, 1.165) is 37.7 Å². The summed E-state index contributed by atoms with van der Waals surface area (Å²) in [5.74, 6) is -1.74. The van der Waals surface area contributed by atoms with Gasteiger partial charge in [0.15, 0.2) is 6.73 Å². The van der Waals surface area contributed by atoms with Crippen molar-refractivity contribution < 1.29 is 28.6 Å². The number of halogens is 3. The van der Waals surface area contributed by atoms with Crippen LogP contribution in [0, 0.1) is 11.2 Å². The number of hydrogen-bond donors (Lipinski definition) is 1. The average molecular weight is 639 g/mol. The normalized spacial score (nSPS) is 22.8. The molecule has 228 valence electrons. The lowest BCUT2D eigenvalue weighted by Crippen LogP contribution is -2.48. The number of anilines is 2. The second-order valence-corrected chi connectivity index (χ2v) is 13.5. The summed E-state index contributed by atoms with van der Waals surface area (Å²) >= 11 is 13.3. The first-order valence-electron chi connectivity index (χ1n) is 14.9. The van der Waals surface area contributed by atoms with Crippen LogP contribution in [0.2, 0.25) is 10.0 Å². The number of ether oxygens (including phenoxy) is 2. The molecule has 1 aliphatic carbocycles. The van der Waals surface area contributed by atoms with Crippen LogP contribution in [0.4, 0.5) is 15.8 Å². The van der Waals surface area contributed by atoms with Crippen LogP contribution in [0.3, 0.4) is 0 Å². The van der Waals surface area contributed by atoms with Gasteiger partial charge in [0.25, 0.3) is 5.91 Å². The summed E-state index contributed by atoms with van der Waals surface area (Å²) < 4.78 is 27.5. The molecule has 1 N–H and O–H groups in total. The Hall–Kier alpha value is -3.53. The van der Waals surface area contributed by atoms with Gasteiger partial charge in [0.2, 0.25) is 0 Å². The Balaban J connectivity index is 1.09. The van der Waals surface area contributed by atoms with E-state index in [1.165, 1.54) is 17.7 Å². The van der Waals surface area contributed by atoms with Crippen LogP contribution >= 0.6 is 23.2 Å². The number of amides is 1. The molecule has 0 aromatic heterocycles. The van der Waals surface area contributed by atoms with E-state index in [1.54, 1.807) is 30.3 Å². The first-order chi connectivity index (χ1) is 21.2. The molecule has 3 aromatic rings. The number of carbonyl (C=O) groups is 2. The zero-order chi connectivity index (χ0) is 30.3. The molecule has 8 rings (SSSR count). The summed E-state index contributed by atoms with van der Waals surface area (Å²) in [4.78, 5) is 31.7. The molecule has 4 aliphatic heterocycles. The van der Waals surface area contributed by atoms with E-state index in [1.807, 2.05) is 6.07 Å². The van der Waals surface area contributed by atoms with Gasteiger partial charge in [-0.15, -0.1) is 0 Å². The molecule has 5 aliphatic rings. The molecule has 2 bridgehead atoms. The molecule has 8 nitrogen and oxygen atoms in total. The van der Waals surface area contributed by atoms with Crippen molar-refractivity contribution in [1.29, 1.82) is 0 Å². The predicted octanol–water partition coefficient (Wildman–Crippen LogP) is 6.46. The molecule has 1 saturated carbocycles. The molecule has 0 radical (unpaired) electrons. The smallest absolute Gasteiger partial charge is 0.337 e. The first kappa shape index (κ1) is 28.0. The minimum absolute atomic E-state index is 0.0409. The Morgan fingerprint density at radius 1 is 0.977 bits per heavy atom. The van der Waals surface area contributed by atoms with Gasteiger partial charge in [-0.05, 0) is 49.9 Å². The fourth-order valence-corrected chi connectivity index (χ4v) is 7.97. The zero-order valence-electron chi connectivity index (χ0n) is 23.8. The lowest BCUT2D eigenvalue weighted by atomic mass is 9.95. The first-order valence-corrected chi connectivity index (χ1v) is 15.7. The molecule has 3 saturated heterocycles. The number of para-hydroxylation sites is 1. The number of benzene rings is 3. The molecular weight excluding hydrogens is 608 g/mol. The van der Waals surface area contributed by atoms with Crippen LogP contribution in [-0.2, 0) is 11.3 Å². The molecule has 11 heteroatoms. The van der Waals surface area contributed by atoms with Crippen molar-refractivity contribution in [2.75, 3.05) is 42.8 Å². The summed E-state index contributed by atoms with van der Waals surface area (Å²) in [6.45, 7) is 3.11.